The van der Waals surface area contributed by atoms with E-state index in [-0.39, 0.29) is 17.2 Å². The predicted molar refractivity (Wildman–Crippen MR) is 128 cm³/mol. The first-order valence-corrected chi connectivity index (χ1v) is 11.7. The lowest BCUT2D eigenvalue weighted by Gasteiger charge is -2.26. The van der Waals surface area contributed by atoms with Gasteiger partial charge in [-0.05, 0) is 80.8 Å². The topological polar surface area (TPSA) is 75.7 Å². The fourth-order valence-corrected chi connectivity index (χ4v) is 5.13. The van der Waals surface area contributed by atoms with Crippen LogP contribution in [-0.4, -0.2) is 28.0 Å². The van der Waals surface area contributed by atoms with Crippen LogP contribution in [0.4, 0.5) is 11.4 Å². The molecule has 1 amide bonds. The smallest absolute Gasteiger partial charge is 0.268 e. The van der Waals surface area contributed by atoms with Gasteiger partial charge in [-0.2, -0.15) is 0 Å². The van der Waals surface area contributed by atoms with Gasteiger partial charge in [-0.25, -0.2) is 8.42 Å². The molecule has 7 heteroatoms. The van der Waals surface area contributed by atoms with Crippen LogP contribution in [0, 0.1) is 27.7 Å². The molecule has 0 bridgehead atoms. The van der Waals surface area contributed by atoms with E-state index in [1.54, 1.807) is 42.5 Å². The van der Waals surface area contributed by atoms with Gasteiger partial charge in [-0.3, -0.25) is 9.10 Å². The van der Waals surface area contributed by atoms with Crippen LogP contribution in [0.15, 0.2) is 65.6 Å². The van der Waals surface area contributed by atoms with Gasteiger partial charge in [0.05, 0.1) is 12.8 Å². The van der Waals surface area contributed by atoms with Crippen molar-refractivity contribution in [3.8, 4) is 5.75 Å². The van der Waals surface area contributed by atoms with Gasteiger partial charge in [0.2, 0.25) is 5.91 Å². The van der Waals surface area contributed by atoms with Gasteiger partial charge in [0.15, 0.2) is 0 Å². The number of aryl methyl sites for hydroxylation is 4. The number of carbonyl (C=O) groups is 1. The van der Waals surface area contributed by atoms with Crippen molar-refractivity contribution in [1.29, 1.82) is 0 Å². The largest absolute Gasteiger partial charge is 0.495 e. The highest BCUT2D eigenvalue weighted by atomic mass is 32.2. The summed E-state index contributed by atoms with van der Waals surface area (Å²) in [5.41, 5.74) is 4.66. The van der Waals surface area contributed by atoms with Crippen molar-refractivity contribution in [3.63, 3.8) is 0 Å². The number of hydrogen-bond donors (Lipinski definition) is 1. The van der Waals surface area contributed by atoms with Crippen LogP contribution in [0.1, 0.15) is 22.3 Å². The Morgan fingerprint density at radius 3 is 2.03 bits per heavy atom. The van der Waals surface area contributed by atoms with Gasteiger partial charge in [-0.1, -0.05) is 29.8 Å². The van der Waals surface area contributed by atoms with Crippen molar-refractivity contribution in [3.05, 3.63) is 82.9 Å². The summed E-state index contributed by atoms with van der Waals surface area (Å²) < 4.78 is 34.0. The van der Waals surface area contributed by atoms with Crippen LogP contribution >= 0.6 is 0 Å². The van der Waals surface area contributed by atoms with E-state index in [9.17, 15) is 13.2 Å². The Morgan fingerprint density at radius 2 is 1.44 bits per heavy atom. The lowest BCUT2D eigenvalue weighted by molar-refractivity contribution is -0.114. The molecule has 0 saturated carbocycles. The molecule has 0 spiro atoms. The van der Waals surface area contributed by atoms with E-state index in [2.05, 4.69) is 5.32 Å². The van der Waals surface area contributed by atoms with E-state index in [1.165, 1.54) is 7.11 Å². The van der Waals surface area contributed by atoms with Crippen LogP contribution < -0.4 is 14.4 Å². The summed E-state index contributed by atoms with van der Waals surface area (Å²) in [7, 11) is -2.67. The van der Waals surface area contributed by atoms with Gasteiger partial charge < -0.3 is 10.1 Å². The number of benzene rings is 3. The minimum Gasteiger partial charge on any atom is -0.495 e. The highest BCUT2D eigenvalue weighted by Crippen LogP contribution is 2.31. The first-order valence-electron chi connectivity index (χ1n) is 10.2. The molecule has 0 heterocycles. The van der Waals surface area contributed by atoms with Gasteiger partial charge in [0.25, 0.3) is 10.0 Å². The zero-order chi connectivity index (χ0) is 23.5. The molecule has 32 heavy (non-hydrogen) atoms. The Morgan fingerprint density at radius 1 is 0.844 bits per heavy atom. The minimum atomic E-state index is -4.10. The molecular weight excluding hydrogens is 424 g/mol. The Balaban J connectivity index is 2.05. The quantitative estimate of drug-likeness (QED) is 0.561. The molecule has 0 radical (unpaired) electrons. The molecular formula is C25H28N2O4S. The molecule has 0 unspecified atom stereocenters. The Hall–Kier alpha value is -3.32. The number of nitrogens with one attached hydrogen (secondary N) is 1. The SMILES string of the molecule is COc1ccc(C)cc1S(=O)(=O)N(CC(=O)Nc1ccc(C)cc1)c1cc(C)cc(C)c1. The third-order valence-corrected chi connectivity index (χ3v) is 6.80. The standard InChI is InChI=1S/C25H28N2O4S/c1-17-6-9-21(10-7-17)26-25(28)16-27(22-13-19(3)12-20(4)14-22)32(29,30)24-15-18(2)8-11-23(24)31-5/h6-15H,16H2,1-5H3,(H,26,28). The monoisotopic (exact) mass is 452 g/mol. The van der Waals surface area contributed by atoms with Crippen LogP contribution in [0.25, 0.3) is 0 Å². The second kappa shape index (κ2) is 9.44. The second-order valence-electron chi connectivity index (χ2n) is 7.93. The normalized spacial score (nSPS) is 11.2. The van der Waals surface area contributed by atoms with Crippen LogP contribution in [-0.2, 0) is 14.8 Å². The molecule has 0 atom stereocenters. The molecule has 3 rings (SSSR count). The number of nitrogens with zero attached hydrogens (tertiary/aromatic N) is 1. The Labute approximate surface area is 189 Å². The highest BCUT2D eigenvalue weighted by Gasteiger charge is 2.30. The molecule has 1 N–H and O–H groups in total. The number of ether oxygens (including phenoxy) is 1. The van der Waals surface area contributed by atoms with Crippen LogP contribution in [0.5, 0.6) is 5.75 Å². The molecule has 0 aliphatic rings. The zero-order valence-electron chi connectivity index (χ0n) is 19.0. The first-order chi connectivity index (χ1) is 15.1. The molecule has 0 fully saturated rings. The number of rotatable bonds is 7. The third-order valence-electron chi connectivity index (χ3n) is 5.00. The summed E-state index contributed by atoms with van der Waals surface area (Å²) in [4.78, 5) is 12.9. The summed E-state index contributed by atoms with van der Waals surface area (Å²) in [6.07, 6.45) is 0. The molecule has 0 aliphatic carbocycles. The summed E-state index contributed by atoms with van der Waals surface area (Å²) in [5.74, 6) is -0.216. The van der Waals surface area contributed by atoms with E-state index < -0.39 is 15.9 Å². The predicted octanol–water partition coefficient (Wildman–Crippen LogP) is 4.76. The van der Waals surface area contributed by atoms with E-state index in [0.717, 1.165) is 26.6 Å². The van der Waals surface area contributed by atoms with Gasteiger partial charge in [-0.15, -0.1) is 0 Å². The maximum Gasteiger partial charge on any atom is 0.268 e. The summed E-state index contributed by atoms with van der Waals surface area (Å²) in [5, 5.41) is 2.79. The number of anilines is 2. The molecule has 3 aromatic rings. The van der Waals surface area contributed by atoms with Gasteiger partial charge >= 0.3 is 0 Å². The van der Waals surface area contributed by atoms with E-state index in [4.69, 9.17) is 4.74 Å². The lowest BCUT2D eigenvalue weighted by atomic mass is 10.1. The molecule has 6 nitrogen and oxygen atoms in total. The number of amides is 1. The maximum absolute atomic E-state index is 13.8. The van der Waals surface area contributed by atoms with Crippen molar-refractivity contribution in [2.24, 2.45) is 0 Å². The van der Waals surface area contributed by atoms with Crippen LogP contribution in [0.3, 0.4) is 0 Å². The fraction of sp³-hybridized carbons (Fsp3) is 0.240. The molecule has 0 aromatic heterocycles. The first kappa shape index (κ1) is 23.3. The highest BCUT2D eigenvalue weighted by molar-refractivity contribution is 7.93. The number of sulfonamides is 1. The zero-order valence-corrected chi connectivity index (χ0v) is 19.8. The Kier molecular flexibility index (Phi) is 6.89. The third kappa shape index (κ3) is 5.29. The Bertz CT molecular complexity index is 1220. The van der Waals surface area contributed by atoms with Crippen molar-refractivity contribution in [2.45, 2.75) is 32.6 Å². The summed E-state index contributed by atoms with van der Waals surface area (Å²) in [6.45, 7) is 7.16. The van der Waals surface area contributed by atoms with E-state index in [0.29, 0.717) is 11.4 Å². The number of hydrogen-bond acceptors (Lipinski definition) is 4. The minimum absolute atomic E-state index is 0.0160. The molecule has 0 aliphatic heterocycles. The molecule has 3 aromatic carbocycles. The van der Waals surface area contributed by atoms with Crippen LogP contribution in [0.2, 0.25) is 0 Å². The van der Waals surface area contributed by atoms with Crippen molar-refractivity contribution >= 4 is 27.3 Å². The van der Waals surface area contributed by atoms with Crippen molar-refractivity contribution < 1.29 is 17.9 Å². The van der Waals surface area contributed by atoms with E-state index in [1.807, 2.05) is 45.9 Å². The average molecular weight is 453 g/mol. The van der Waals surface area contributed by atoms with Gasteiger partial charge in [0, 0.05) is 5.69 Å². The van der Waals surface area contributed by atoms with Crippen molar-refractivity contribution in [2.75, 3.05) is 23.3 Å². The average Bonchev–Trinajstić information content (AvgIpc) is 2.73. The molecule has 0 saturated heterocycles. The fourth-order valence-electron chi connectivity index (χ4n) is 3.48. The lowest BCUT2D eigenvalue weighted by Crippen LogP contribution is -2.38. The second-order valence-corrected chi connectivity index (χ2v) is 9.76. The maximum atomic E-state index is 13.8. The number of methoxy groups -OCH3 is 1. The van der Waals surface area contributed by atoms with Crippen molar-refractivity contribution in [1.82, 2.24) is 0 Å². The van der Waals surface area contributed by atoms with E-state index >= 15 is 0 Å². The summed E-state index contributed by atoms with van der Waals surface area (Å²) in [6, 6.07) is 17.8. The molecule has 168 valence electrons. The number of carbonyl (C=O) groups excluding carboxylic acids is 1. The van der Waals surface area contributed by atoms with Gasteiger partial charge in [0.1, 0.15) is 17.2 Å². The summed E-state index contributed by atoms with van der Waals surface area (Å²) >= 11 is 0.